The molecule has 37 heavy (non-hydrogen) atoms. The van der Waals surface area contributed by atoms with Crippen LogP contribution in [0.15, 0.2) is 79.0 Å². The SMILES string of the molecule is CCc1ccc(CN2CCC(C3(Cc4ccccc4)NC(=O)N(CCc4ccccn4)C3=O)CC2)cc1. The van der Waals surface area contributed by atoms with Gasteiger partial charge in [-0.1, -0.05) is 67.6 Å². The highest BCUT2D eigenvalue weighted by atomic mass is 16.2. The summed E-state index contributed by atoms with van der Waals surface area (Å²) in [5.74, 6) is -0.00591. The lowest BCUT2D eigenvalue weighted by atomic mass is 9.74. The quantitative estimate of drug-likeness (QED) is 0.439. The fourth-order valence-electron chi connectivity index (χ4n) is 5.80. The van der Waals surface area contributed by atoms with Crippen molar-refractivity contribution in [2.24, 2.45) is 5.92 Å². The Morgan fingerprint density at radius 2 is 1.59 bits per heavy atom. The Hall–Kier alpha value is -3.51. The number of pyridine rings is 1. The number of carbonyl (C=O) groups is 2. The molecular formula is C31H36N4O2. The van der Waals surface area contributed by atoms with Gasteiger partial charge < -0.3 is 5.32 Å². The second-order valence-electron chi connectivity index (χ2n) is 10.3. The van der Waals surface area contributed by atoms with E-state index in [2.05, 4.69) is 46.4 Å². The zero-order chi connectivity index (χ0) is 25.7. The molecule has 5 rings (SSSR count). The monoisotopic (exact) mass is 496 g/mol. The first-order valence-electron chi connectivity index (χ1n) is 13.5. The number of aromatic nitrogens is 1. The van der Waals surface area contributed by atoms with E-state index in [9.17, 15) is 9.59 Å². The Morgan fingerprint density at radius 3 is 2.27 bits per heavy atom. The Kier molecular flexibility index (Phi) is 7.65. The molecular weight excluding hydrogens is 460 g/mol. The molecule has 3 heterocycles. The fourth-order valence-corrected chi connectivity index (χ4v) is 5.80. The lowest BCUT2D eigenvalue weighted by molar-refractivity contribution is -0.134. The molecule has 6 nitrogen and oxygen atoms in total. The van der Waals surface area contributed by atoms with Crippen LogP contribution in [0.3, 0.4) is 0 Å². The van der Waals surface area contributed by atoms with Crippen LogP contribution in [-0.2, 0) is 30.6 Å². The van der Waals surface area contributed by atoms with Crippen molar-refractivity contribution in [2.45, 2.75) is 51.1 Å². The lowest BCUT2D eigenvalue weighted by Gasteiger charge is -2.41. The molecule has 192 valence electrons. The smallest absolute Gasteiger partial charge is 0.322 e. The molecule has 3 aromatic rings. The first-order chi connectivity index (χ1) is 18.1. The molecule has 2 fully saturated rings. The van der Waals surface area contributed by atoms with Crippen molar-refractivity contribution in [1.29, 1.82) is 0 Å². The van der Waals surface area contributed by atoms with Crippen LogP contribution >= 0.6 is 0 Å². The van der Waals surface area contributed by atoms with Crippen LogP contribution in [-0.4, -0.2) is 51.9 Å². The van der Waals surface area contributed by atoms with Gasteiger partial charge in [-0.2, -0.15) is 0 Å². The first kappa shape index (κ1) is 25.2. The van der Waals surface area contributed by atoms with Crippen LogP contribution in [0, 0.1) is 5.92 Å². The van der Waals surface area contributed by atoms with Gasteiger partial charge in [0.2, 0.25) is 0 Å². The van der Waals surface area contributed by atoms with E-state index in [0.717, 1.165) is 50.2 Å². The van der Waals surface area contributed by atoms with E-state index in [-0.39, 0.29) is 17.9 Å². The Bertz CT molecular complexity index is 1190. The van der Waals surface area contributed by atoms with E-state index in [1.165, 1.54) is 16.0 Å². The molecule has 1 N–H and O–H groups in total. The molecule has 2 aliphatic heterocycles. The van der Waals surface area contributed by atoms with E-state index in [1.54, 1.807) is 6.20 Å². The molecule has 0 spiro atoms. The van der Waals surface area contributed by atoms with Gasteiger partial charge in [0.25, 0.3) is 5.91 Å². The van der Waals surface area contributed by atoms with Crippen molar-refractivity contribution < 1.29 is 9.59 Å². The maximum Gasteiger partial charge on any atom is 0.325 e. The number of benzene rings is 2. The summed E-state index contributed by atoms with van der Waals surface area (Å²) in [5.41, 5.74) is 3.72. The van der Waals surface area contributed by atoms with Gasteiger partial charge in [0.05, 0.1) is 0 Å². The van der Waals surface area contributed by atoms with Gasteiger partial charge in [-0.3, -0.25) is 19.6 Å². The summed E-state index contributed by atoms with van der Waals surface area (Å²) in [7, 11) is 0. The molecule has 0 radical (unpaired) electrons. The predicted molar refractivity (Wildman–Crippen MR) is 145 cm³/mol. The third-order valence-electron chi connectivity index (χ3n) is 7.97. The zero-order valence-corrected chi connectivity index (χ0v) is 21.6. The van der Waals surface area contributed by atoms with Gasteiger partial charge in [-0.25, -0.2) is 4.79 Å². The lowest BCUT2D eigenvalue weighted by Crippen LogP contribution is -2.57. The van der Waals surface area contributed by atoms with Gasteiger partial charge in [0.1, 0.15) is 5.54 Å². The minimum absolute atomic E-state index is 0.0859. The third-order valence-corrected chi connectivity index (χ3v) is 7.97. The molecule has 1 unspecified atom stereocenters. The van der Waals surface area contributed by atoms with Crippen molar-refractivity contribution in [1.82, 2.24) is 20.1 Å². The molecule has 0 saturated carbocycles. The van der Waals surface area contributed by atoms with Crippen molar-refractivity contribution in [3.05, 3.63) is 101 Å². The predicted octanol–water partition coefficient (Wildman–Crippen LogP) is 4.63. The number of hydrogen-bond donors (Lipinski definition) is 1. The standard InChI is InChI=1S/C31H36N4O2/c1-2-24-11-13-26(14-12-24)23-34-19-15-27(16-20-34)31(22-25-8-4-3-5-9-25)29(36)35(30(37)33-31)21-17-28-10-6-7-18-32-28/h3-14,18,27H,2,15-17,19-23H2,1H3,(H,33,37). The number of aryl methyl sites for hydroxylation is 1. The summed E-state index contributed by atoms with van der Waals surface area (Å²) in [6.07, 6.45) is 5.61. The highest BCUT2D eigenvalue weighted by molar-refractivity contribution is 6.07. The third kappa shape index (κ3) is 5.59. The molecule has 3 amide bonds. The number of hydrogen-bond acceptors (Lipinski definition) is 4. The van der Waals surface area contributed by atoms with E-state index in [1.807, 2.05) is 48.5 Å². The summed E-state index contributed by atoms with van der Waals surface area (Å²) < 4.78 is 0. The van der Waals surface area contributed by atoms with Crippen LogP contribution in [0.5, 0.6) is 0 Å². The van der Waals surface area contributed by atoms with Crippen LogP contribution in [0.25, 0.3) is 0 Å². The highest BCUT2D eigenvalue weighted by Gasteiger charge is 2.55. The number of nitrogens with one attached hydrogen (secondary N) is 1. The topological polar surface area (TPSA) is 65.5 Å². The number of rotatable bonds is 9. The molecule has 2 saturated heterocycles. The Labute approximate surface area is 219 Å². The average molecular weight is 497 g/mol. The van der Waals surface area contributed by atoms with E-state index < -0.39 is 5.54 Å². The maximum atomic E-state index is 14.0. The molecule has 2 aliphatic rings. The molecule has 2 aromatic carbocycles. The van der Waals surface area contributed by atoms with Gasteiger partial charge in [-0.05, 0) is 67.1 Å². The van der Waals surface area contributed by atoms with Crippen LogP contribution in [0.4, 0.5) is 4.79 Å². The molecule has 6 heteroatoms. The van der Waals surface area contributed by atoms with Crippen molar-refractivity contribution in [3.8, 4) is 0 Å². The normalized spacial score (nSPS) is 20.8. The van der Waals surface area contributed by atoms with Gasteiger partial charge in [-0.15, -0.1) is 0 Å². The summed E-state index contributed by atoms with van der Waals surface area (Å²) in [5, 5.41) is 3.20. The first-order valence-corrected chi connectivity index (χ1v) is 13.5. The Balaban J connectivity index is 1.31. The van der Waals surface area contributed by atoms with Gasteiger partial charge in [0.15, 0.2) is 0 Å². The van der Waals surface area contributed by atoms with Crippen molar-refractivity contribution in [2.75, 3.05) is 19.6 Å². The number of urea groups is 1. The number of carbonyl (C=O) groups excluding carboxylic acids is 2. The van der Waals surface area contributed by atoms with Crippen molar-refractivity contribution >= 4 is 11.9 Å². The van der Waals surface area contributed by atoms with Crippen molar-refractivity contribution in [3.63, 3.8) is 0 Å². The van der Waals surface area contributed by atoms with E-state index >= 15 is 0 Å². The molecule has 0 aliphatic carbocycles. The average Bonchev–Trinajstić information content (AvgIpc) is 3.18. The Morgan fingerprint density at radius 1 is 0.892 bits per heavy atom. The second kappa shape index (κ2) is 11.3. The summed E-state index contributed by atoms with van der Waals surface area (Å²) in [4.78, 5) is 35.4. The second-order valence-corrected chi connectivity index (χ2v) is 10.3. The minimum atomic E-state index is -0.905. The number of piperidine rings is 1. The largest absolute Gasteiger partial charge is 0.325 e. The summed E-state index contributed by atoms with van der Waals surface area (Å²) >= 11 is 0. The highest BCUT2D eigenvalue weighted by Crippen LogP contribution is 2.37. The van der Waals surface area contributed by atoms with E-state index in [0.29, 0.717) is 19.4 Å². The van der Waals surface area contributed by atoms with E-state index in [4.69, 9.17) is 0 Å². The summed E-state index contributed by atoms with van der Waals surface area (Å²) in [6.45, 7) is 5.25. The maximum absolute atomic E-state index is 14.0. The fraction of sp³-hybridized carbons (Fsp3) is 0.387. The summed E-state index contributed by atoms with van der Waals surface area (Å²) in [6, 6.07) is 24.4. The number of nitrogens with zero attached hydrogens (tertiary/aromatic N) is 3. The number of likely N-dealkylation sites (tertiary alicyclic amines) is 1. The number of amides is 3. The molecule has 1 atom stereocenters. The number of imide groups is 1. The van der Waals surface area contributed by atoms with Crippen LogP contribution in [0.1, 0.15) is 42.1 Å². The van der Waals surface area contributed by atoms with Crippen LogP contribution in [0.2, 0.25) is 0 Å². The minimum Gasteiger partial charge on any atom is -0.322 e. The molecule has 0 bridgehead atoms. The van der Waals surface area contributed by atoms with Gasteiger partial charge in [0, 0.05) is 37.8 Å². The van der Waals surface area contributed by atoms with Crippen LogP contribution < -0.4 is 5.32 Å². The molecule has 1 aromatic heterocycles. The van der Waals surface area contributed by atoms with Gasteiger partial charge >= 0.3 is 6.03 Å². The zero-order valence-electron chi connectivity index (χ0n) is 21.6.